The summed E-state index contributed by atoms with van der Waals surface area (Å²) >= 11 is 0. The van der Waals surface area contributed by atoms with Gasteiger partial charge in [0.05, 0.1) is 0 Å². The summed E-state index contributed by atoms with van der Waals surface area (Å²) in [5, 5.41) is 0. The van der Waals surface area contributed by atoms with Gasteiger partial charge < -0.3 is 9.80 Å². The number of allylic oxidation sites excluding steroid dienone is 8. The molecule has 1 unspecified atom stereocenters. The van der Waals surface area contributed by atoms with E-state index in [1.54, 1.807) is 0 Å². The number of aryl methyl sites for hydroxylation is 1. The first-order valence-corrected chi connectivity index (χ1v) is 22.2. The molecular formula is C61H50N2. The molecule has 0 amide bonds. The first-order chi connectivity index (χ1) is 31.1. The van der Waals surface area contributed by atoms with Crippen LogP contribution in [-0.2, 0) is 0 Å². The molecule has 0 aliphatic heterocycles. The highest BCUT2D eigenvalue weighted by Crippen LogP contribution is 2.41. The van der Waals surface area contributed by atoms with Crippen LogP contribution in [0.25, 0.3) is 39.0 Å². The van der Waals surface area contributed by atoms with Crippen molar-refractivity contribution in [2.45, 2.75) is 32.1 Å². The Morgan fingerprint density at radius 3 is 1.33 bits per heavy atom. The Kier molecular flexibility index (Phi) is 11.3. The number of benzene rings is 8. The summed E-state index contributed by atoms with van der Waals surface area (Å²) in [6.07, 6.45) is 18.8. The van der Waals surface area contributed by atoms with Crippen LogP contribution in [0.1, 0.15) is 41.9 Å². The first kappa shape index (κ1) is 39.5. The molecule has 0 heterocycles. The molecule has 0 fully saturated rings. The van der Waals surface area contributed by atoms with Gasteiger partial charge in [-0.1, -0.05) is 170 Å². The molecule has 0 spiro atoms. The largest absolute Gasteiger partial charge is 0.311 e. The van der Waals surface area contributed by atoms with E-state index >= 15 is 0 Å². The SMILES string of the molecule is Cc1cc(N(c2ccc(C3=CC=CCC3)cc2)c2ccc(C3C=CC=CC3)cc2)ccc1-c1ccc(N(c2ccc(-c3ccccc3)cc2)c2ccc(-c3ccccc3)cc2)cc1. The van der Waals surface area contributed by atoms with Gasteiger partial charge in [-0.05, 0) is 155 Å². The Bertz CT molecular complexity index is 2840. The lowest BCUT2D eigenvalue weighted by Gasteiger charge is -2.27. The van der Waals surface area contributed by atoms with Gasteiger partial charge in [0.2, 0.25) is 0 Å². The number of anilines is 6. The van der Waals surface area contributed by atoms with E-state index in [9.17, 15) is 0 Å². The maximum Gasteiger partial charge on any atom is 0.0464 e. The van der Waals surface area contributed by atoms with Gasteiger partial charge in [-0.15, -0.1) is 0 Å². The summed E-state index contributed by atoms with van der Waals surface area (Å²) in [6.45, 7) is 2.23. The van der Waals surface area contributed by atoms with Crippen LogP contribution in [0.2, 0.25) is 0 Å². The van der Waals surface area contributed by atoms with Crippen molar-refractivity contribution in [1.82, 2.24) is 0 Å². The number of hydrogen-bond acceptors (Lipinski definition) is 2. The van der Waals surface area contributed by atoms with Crippen LogP contribution in [0.5, 0.6) is 0 Å². The molecule has 2 nitrogen and oxygen atoms in total. The van der Waals surface area contributed by atoms with Crippen molar-refractivity contribution in [3.8, 4) is 33.4 Å². The Morgan fingerprint density at radius 1 is 0.397 bits per heavy atom. The third-order valence-corrected chi connectivity index (χ3v) is 12.4. The first-order valence-electron chi connectivity index (χ1n) is 22.2. The summed E-state index contributed by atoms with van der Waals surface area (Å²) in [5.74, 6) is 0.412. The second-order valence-corrected chi connectivity index (χ2v) is 16.5. The molecule has 2 heteroatoms. The van der Waals surface area contributed by atoms with Crippen LogP contribution in [0, 0.1) is 6.92 Å². The van der Waals surface area contributed by atoms with Gasteiger partial charge >= 0.3 is 0 Å². The van der Waals surface area contributed by atoms with E-state index in [-0.39, 0.29) is 0 Å². The minimum Gasteiger partial charge on any atom is -0.311 e. The van der Waals surface area contributed by atoms with Crippen molar-refractivity contribution in [3.05, 3.63) is 259 Å². The van der Waals surface area contributed by atoms with Gasteiger partial charge in [-0.25, -0.2) is 0 Å². The van der Waals surface area contributed by atoms with Crippen molar-refractivity contribution in [3.63, 3.8) is 0 Å². The van der Waals surface area contributed by atoms with Crippen LogP contribution in [0.15, 0.2) is 243 Å². The lowest BCUT2D eigenvalue weighted by Crippen LogP contribution is -2.11. The van der Waals surface area contributed by atoms with Gasteiger partial charge in [0.25, 0.3) is 0 Å². The summed E-state index contributed by atoms with van der Waals surface area (Å²) in [6, 6.07) is 73.1. The van der Waals surface area contributed by atoms with Gasteiger partial charge in [0.1, 0.15) is 0 Å². The third-order valence-electron chi connectivity index (χ3n) is 12.4. The quantitative estimate of drug-likeness (QED) is 0.128. The zero-order chi connectivity index (χ0) is 42.4. The maximum absolute atomic E-state index is 2.39. The van der Waals surface area contributed by atoms with E-state index in [0.29, 0.717) is 5.92 Å². The fourth-order valence-corrected chi connectivity index (χ4v) is 9.03. The lowest BCUT2D eigenvalue weighted by atomic mass is 9.92. The van der Waals surface area contributed by atoms with Crippen molar-refractivity contribution < 1.29 is 0 Å². The second-order valence-electron chi connectivity index (χ2n) is 16.5. The van der Waals surface area contributed by atoms with E-state index in [2.05, 4.69) is 259 Å². The molecule has 0 aromatic heterocycles. The Morgan fingerprint density at radius 2 is 0.857 bits per heavy atom. The topological polar surface area (TPSA) is 6.48 Å². The predicted molar refractivity (Wildman–Crippen MR) is 269 cm³/mol. The standard InChI is InChI=1S/C61H50N2/c1-45-44-60(63(58-36-26-52(27-37-58)48-18-10-4-11-19-48)59-38-28-53(29-39-59)49-20-12-5-13-21-49)42-43-61(45)54-30-40-57(41-31-54)62(55-32-22-50(23-33-55)46-14-6-2-7-15-46)56-34-24-51(25-35-56)47-16-8-3-9-17-47/h2-12,14-18,20,22-44,48H,13,19,21H2,1H3. The zero-order valence-corrected chi connectivity index (χ0v) is 35.7. The average molecular weight is 811 g/mol. The molecule has 0 saturated heterocycles. The van der Waals surface area contributed by atoms with E-state index < -0.39 is 0 Å². The fraction of sp³-hybridized carbons (Fsp3) is 0.0820. The molecule has 0 radical (unpaired) electrons. The van der Waals surface area contributed by atoms with Crippen molar-refractivity contribution in [2.75, 3.05) is 9.80 Å². The van der Waals surface area contributed by atoms with Gasteiger partial charge in [-0.3, -0.25) is 0 Å². The molecule has 0 saturated carbocycles. The van der Waals surface area contributed by atoms with Crippen molar-refractivity contribution >= 4 is 39.7 Å². The fourth-order valence-electron chi connectivity index (χ4n) is 9.03. The molecular weight excluding hydrogens is 761 g/mol. The molecule has 2 aliphatic rings. The van der Waals surface area contributed by atoms with Crippen LogP contribution in [-0.4, -0.2) is 0 Å². The monoisotopic (exact) mass is 810 g/mol. The number of hydrogen-bond donors (Lipinski definition) is 0. The second kappa shape index (κ2) is 18.1. The number of rotatable bonds is 11. The molecule has 1 atom stereocenters. The average Bonchev–Trinajstić information content (AvgIpc) is 3.36. The van der Waals surface area contributed by atoms with Crippen LogP contribution < -0.4 is 9.80 Å². The highest BCUT2D eigenvalue weighted by Gasteiger charge is 2.18. The Labute approximate surface area is 372 Å². The molecule has 0 N–H and O–H groups in total. The van der Waals surface area contributed by atoms with Crippen molar-refractivity contribution in [1.29, 1.82) is 0 Å². The molecule has 63 heavy (non-hydrogen) atoms. The summed E-state index contributed by atoms with van der Waals surface area (Å²) in [7, 11) is 0. The molecule has 304 valence electrons. The van der Waals surface area contributed by atoms with E-state index in [1.807, 2.05) is 0 Å². The number of nitrogens with zero attached hydrogens (tertiary/aromatic N) is 2. The normalized spacial score (nSPS) is 14.3. The zero-order valence-electron chi connectivity index (χ0n) is 35.7. The highest BCUT2D eigenvalue weighted by atomic mass is 15.1. The third kappa shape index (κ3) is 8.62. The van der Waals surface area contributed by atoms with E-state index in [0.717, 1.165) is 53.4 Å². The lowest BCUT2D eigenvalue weighted by molar-refractivity contribution is 0.854. The molecule has 2 aliphatic carbocycles. The Hall–Kier alpha value is -7.68. The van der Waals surface area contributed by atoms with Gasteiger partial charge in [0, 0.05) is 40.0 Å². The van der Waals surface area contributed by atoms with Crippen molar-refractivity contribution in [2.24, 2.45) is 0 Å². The predicted octanol–water partition coefficient (Wildman–Crippen LogP) is 17.3. The summed E-state index contributed by atoms with van der Waals surface area (Å²) in [4.78, 5) is 4.74. The Balaban J connectivity index is 0.969. The molecule has 8 aromatic carbocycles. The summed E-state index contributed by atoms with van der Waals surface area (Å²) < 4.78 is 0. The highest BCUT2D eigenvalue weighted by molar-refractivity contribution is 5.84. The van der Waals surface area contributed by atoms with Crippen LogP contribution in [0.4, 0.5) is 34.1 Å². The van der Waals surface area contributed by atoms with Gasteiger partial charge in [0.15, 0.2) is 0 Å². The summed E-state index contributed by atoms with van der Waals surface area (Å²) in [5.41, 5.74) is 19.2. The van der Waals surface area contributed by atoms with E-state index in [4.69, 9.17) is 0 Å². The van der Waals surface area contributed by atoms with Gasteiger partial charge in [-0.2, -0.15) is 0 Å². The maximum atomic E-state index is 2.39. The minimum atomic E-state index is 0.412. The molecule has 0 bridgehead atoms. The van der Waals surface area contributed by atoms with Crippen LogP contribution >= 0.6 is 0 Å². The molecule has 10 rings (SSSR count). The van der Waals surface area contributed by atoms with Crippen LogP contribution in [0.3, 0.4) is 0 Å². The van der Waals surface area contributed by atoms with E-state index in [1.165, 1.54) is 55.6 Å². The molecule has 8 aromatic rings. The minimum absolute atomic E-state index is 0.412. The smallest absolute Gasteiger partial charge is 0.0464 e.